The zero-order chi connectivity index (χ0) is 39.9. The summed E-state index contributed by atoms with van der Waals surface area (Å²) in [6.07, 6.45) is -7.85. The molecule has 0 bridgehead atoms. The van der Waals surface area contributed by atoms with Crippen molar-refractivity contribution in [3.8, 4) is 0 Å². The third kappa shape index (κ3) is 10.2. The van der Waals surface area contributed by atoms with E-state index in [1.807, 2.05) is 126 Å². The highest BCUT2D eigenvalue weighted by molar-refractivity contribution is 5.15. The zero-order valence-electron chi connectivity index (χ0n) is 33.2. The minimum Gasteiger partial charge on any atom is -0.374 e. The van der Waals surface area contributed by atoms with E-state index in [4.69, 9.17) is 47.4 Å². The lowest BCUT2D eigenvalue weighted by Crippen LogP contribution is -2.62. The van der Waals surface area contributed by atoms with Crippen LogP contribution >= 0.6 is 0 Å². The first-order chi connectivity index (χ1) is 27.6. The molecule has 308 valence electrons. The molecule has 4 fully saturated rings. The fourth-order valence-corrected chi connectivity index (χ4v) is 8.13. The van der Waals surface area contributed by atoms with Gasteiger partial charge in [0.05, 0.1) is 57.4 Å². The Morgan fingerprint density at radius 3 is 1.93 bits per heavy atom. The molecule has 0 aromatic heterocycles. The molecule has 14 atom stereocenters. The van der Waals surface area contributed by atoms with Crippen LogP contribution in [0.5, 0.6) is 0 Å². The Balaban J connectivity index is 1.02. The number of hydrogen-bond acceptors (Lipinski definition) is 12. The molecule has 1 N–H and O–H groups in total. The van der Waals surface area contributed by atoms with Crippen molar-refractivity contribution in [2.24, 2.45) is 17.0 Å². The SMILES string of the molecule is CC1C(OCc2ccccc2)[C@H](OCc2ccccc2)CO[C@H]1O[C@H]1C(C)O[C@@H](OC2C(C)[C@@H](N=[N+]=[N-])C(COCc3ccccc3)O[C@H]2O)C2OC(C)(C)OC21. The molecule has 4 aliphatic rings. The Bertz CT molecular complexity index is 1740. The summed E-state index contributed by atoms with van der Waals surface area (Å²) in [6.45, 7) is 11.0. The van der Waals surface area contributed by atoms with E-state index < -0.39 is 73.2 Å². The topological polar surface area (TPSA) is 161 Å². The van der Waals surface area contributed by atoms with Crippen molar-refractivity contribution in [3.63, 3.8) is 0 Å². The second-order valence-electron chi connectivity index (χ2n) is 15.8. The minimum absolute atomic E-state index is 0.109. The molecule has 0 radical (unpaired) electrons. The van der Waals surface area contributed by atoms with Gasteiger partial charge < -0.3 is 52.5 Å². The number of nitrogens with zero attached hydrogens (tertiary/aromatic N) is 3. The molecule has 4 aliphatic heterocycles. The molecule has 0 saturated carbocycles. The van der Waals surface area contributed by atoms with Crippen molar-refractivity contribution in [2.45, 2.75) is 134 Å². The van der Waals surface area contributed by atoms with Gasteiger partial charge in [0.2, 0.25) is 0 Å². The highest BCUT2D eigenvalue weighted by atomic mass is 16.8. The van der Waals surface area contributed by atoms with Gasteiger partial charge in [-0.25, -0.2) is 0 Å². The number of rotatable bonds is 15. The molecule has 4 saturated heterocycles. The molecule has 3 aromatic carbocycles. The predicted molar refractivity (Wildman–Crippen MR) is 206 cm³/mol. The van der Waals surface area contributed by atoms with Crippen LogP contribution in [0.2, 0.25) is 0 Å². The van der Waals surface area contributed by atoms with Crippen LogP contribution in [-0.2, 0) is 67.2 Å². The summed E-state index contributed by atoms with van der Waals surface area (Å²) in [4.78, 5) is 3.08. The number of aliphatic hydroxyl groups excluding tert-OH is 1. The Morgan fingerprint density at radius 1 is 0.719 bits per heavy atom. The van der Waals surface area contributed by atoms with Gasteiger partial charge in [-0.05, 0) is 48.9 Å². The molecule has 4 heterocycles. The molecule has 8 unspecified atom stereocenters. The quantitative estimate of drug-likeness (QED) is 0.103. The summed E-state index contributed by atoms with van der Waals surface area (Å²) < 4.78 is 64.0. The molecule has 7 rings (SSSR count). The van der Waals surface area contributed by atoms with E-state index >= 15 is 0 Å². The van der Waals surface area contributed by atoms with Crippen LogP contribution in [0, 0.1) is 11.8 Å². The molecule has 3 aromatic rings. The number of azide groups is 1. The first-order valence-electron chi connectivity index (χ1n) is 19.8. The molecule has 0 aliphatic carbocycles. The van der Waals surface area contributed by atoms with Crippen LogP contribution in [-0.4, -0.2) is 97.9 Å². The predicted octanol–water partition coefficient (Wildman–Crippen LogP) is 6.43. The Kier molecular flexibility index (Phi) is 13.9. The van der Waals surface area contributed by atoms with Crippen LogP contribution in [0.4, 0.5) is 0 Å². The first kappa shape index (κ1) is 41.7. The van der Waals surface area contributed by atoms with E-state index in [0.29, 0.717) is 19.8 Å². The van der Waals surface area contributed by atoms with Crippen LogP contribution in [0.3, 0.4) is 0 Å². The van der Waals surface area contributed by atoms with Gasteiger partial charge in [0.1, 0.15) is 30.5 Å². The maximum absolute atomic E-state index is 11.3. The maximum atomic E-state index is 11.3. The van der Waals surface area contributed by atoms with Crippen molar-refractivity contribution < 1.29 is 52.5 Å². The standard InChI is InChI=1S/C43H55N3O11/c1-26-34(45-46-44)32(24-48-21-29-15-9-6-10-16-29)53-40(47)36(26)54-42-39-38(56-43(4,5)57-39)37(28(3)52-42)55-41-27(2)35(50-23-31-19-13-8-14-20-31)33(25-51-41)49-22-30-17-11-7-12-18-30/h6-20,26-28,32-42,47H,21-25H2,1-5H3/t26?,27?,28?,32?,33-,34-,35?,36?,37+,38?,39?,40-,41+,42+/m1/s1. The van der Waals surface area contributed by atoms with Gasteiger partial charge in [-0.2, -0.15) is 0 Å². The molecule has 14 heteroatoms. The van der Waals surface area contributed by atoms with Crippen molar-refractivity contribution in [2.75, 3.05) is 13.2 Å². The summed E-state index contributed by atoms with van der Waals surface area (Å²) >= 11 is 0. The number of ether oxygens (including phenoxy) is 10. The van der Waals surface area contributed by atoms with Crippen molar-refractivity contribution in [3.05, 3.63) is 118 Å². The van der Waals surface area contributed by atoms with Gasteiger partial charge in [0.25, 0.3) is 0 Å². The lowest BCUT2D eigenvalue weighted by Gasteiger charge is -2.47. The Morgan fingerprint density at radius 2 is 1.30 bits per heavy atom. The van der Waals surface area contributed by atoms with Gasteiger partial charge in [-0.3, -0.25) is 0 Å². The van der Waals surface area contributed by atoms with E-state index in [-0.39, 0.29) is 31.3 Å². The van der Waals surface area contributed by atoms with E-state index in [0.717, 1.165) is 16.7 Å². The zero-order valence-corrected chi connectivity index (χ0v) is 33.2. The minimum atomic E-state index is -1.36. The summed E-state index contributed by atoms with van der Waals surface area (Å²) in [6, 6.07) is 29.1. The van der Waals surface area contributed by atoms with Crippen molar-refractivity contribution in [1.82, 2.24) is 0 Å². The van der Waals surface area contributed by atoms with Crippen molar-refractivity contribution >= 4 is 0 Å². The second kappa shape index (κ2) is 19.1. The van der Waals surface area contributed by atoms with Gasteiger partial charge in [0, 0.05) is 10.8 Å². The molecular weight excluding hydrogens is 734 g/mol. The van der Waals surface area contributed by atoms with E-state index in [1.54, 1.807) is 0 Å². The fourth-order valence-electron chi connectivity index (χ4n) is 8.13. The van der Waals surface area contributed by atoms with E-state index in [2.05, 4.69) is 10.0 Å². The van der Waals surface area contributed by atoms with E-state index in [1.165, 1.54) is 0 Å². The molecule has 0 spiro atoms. The lowest BCUT2D eigenvalue weighted by atomic mass is 9.88. The summed E-state index contributed by atoms with van der Waals surface area (Å²) in [5, 5.41) is 15.3. The van der Waals surface area contributed by atoms with Gasteiger partial charge in [0.15, 0.2) is 24.7 Å². The molecule has 0 amide bonds. The van der Waals surface area contributed by atoms with Gasteiger partial charge in [-0.15, -0.1) is 0 Å². The smallest absolute Gasteiger partial charge is 0.187 e. The van der Waals surface area contributed by atoms with Crippen molar-refractivity contribution in [1.29, 1.82) is 0 Å². The van der Waals surface area contributed by atoms with Crippen LogP contribution in [0.25, 0.3) is 10.4 Å². The normalized spacial score (nSPS) is 36.2. The Labute approximate surface area is 334 Å². The van der Waals surface area contributed by atoms with Crippen LogP contribution in [0.15, 0.2) is 96.1 Å². The molecular formula is C43H55N3O11. The summed E-state index contributed by atoms with van der Waals surface area (Å²) in [5.74, 6) is -1.71. The maximum Gasteiger partial charge on any atom is 0.187 e. The monoisotopic (exact) mass is 789 g/mol. The lowest BCUT2D eigenvalue weighted by molar-refractivity contribution is -0.352. The van der Waals surface area contributed by atoms with Gasteiger partial charge in [-0.1, -0.05) is 110 Å². The number of aliphatic hydroxyl groups is 1. The summed E-state index contributed by atoms with van der Waals surface area (Å²) in [7, 11) is 0. The average Bonchev–Trinajstić information content (AvgIpc) is 3.55. The largest absolute Gasteiger partial charge is 0.374 e. The van der Waals surface area contributed by atoms with Crippen LogP contribution < -0.4 is 0 Å². The third-order valence-electron chi connectivity index (χ3n) is 11.1. The Hall–Kier alpha value is -3.47. The molecule has 14 nitrogen and oxygen atoms in total. The summed E-state index contributed by atoms with van der Waals surface area (Å²) in [5.41, 5.74) is 12.6. The number of hydrogen-bond donors (Lipinski definition) is 1. The number of fused-ring (bicyclic) bond motifs is 1. The highest BCUT2D eigenvalue weighted by Crippen LogP contribution is 2.42. The van der Waals surface area contributed by atoms with Crippen LogP contribution in [0.1, 0.15) is 51.3 Å². The number of benzene rings is 3. The van der Waals surface area contributed by atoms with E-state index in [9.17, 15) is 10.6 Å². The highest BCUT2D eigenvalue weighted by Gasteiger charge is 2.58. The first-order valence-corrected chi connectivity index (χ1v) is 19.8. The molecule has 57 heavy (non-hydrogen) atoms. The second-order valence-corrected chi connectivity index (χ2v) is 15.8. The third-order valence-corrected chi connectivity index (χ3v) is 11.1. The average molecular weight is 790 g/mol. The van der Waals surface area contributed by atoms with Gasteiger partial charge >= 0.3 is 0 Å². The fraction of sp³-hybridized carbons (Fsp3) is 0.581.